The van der Waals surface area contributed by atoms with Crippen LogP contribution in [-0.2, 0) is 0 Å². The van der Waals surface area contributed by atoms with Gasteiger partial charge >= 0.3 is 0 Å². The lowest BCUT2D eigenvalue weighted by atomic mass is 9.95. The number of aryl methyl sites for hydroxylation is 1. The van der Waals surface area contributed by atoms with Crippen LogP contribution >= 0.6 is 0 Å². The number of nitrogen functional groups attached to an aromatic ring is 1. The van der Waals surface area contributed by atoms with Gasteiger partial charge in [-0.2, -0.15) is 0 Å². The van der Waals surface area contributed by atoms with Crippen LogP contribution in [0.4, 0.5) is 11.4 Å². The third-order valence-electron chi connectivity index (χ3n) is 3.80. The molecule has 1 aliphatic heterocycles. The van der Waals surface area contributed by atoms with Crippen LogP contribution in [0.5, 0.6) is 0 Å². The van der Waals surface area contributed by atoms with E-state index in [1.807, 2.05) is 6.07 Å². The fraction of sp³-hybridized carbons (Fsp3) is 0.600. The molecule has 2 rings (SSSR count). The number of hydrogen-bond donors (Lipinski definition) is 1. The number of hydrogen-bond acceptors (Lipinski definition) is 3. The van der Waals surface area contributed by atoms with E-state index in [4.69, 9.17) is 5.73 Å². The van der Waals surface area contributed by atoms with Crippen LogP contribution in [0.1, 0.15) is 18.4 Å². The van der Waals surface area contributed by atoms with Gasteiger partial charge in [0.25, 0.3) is 0 Å². The van der Waals surface area contributed by atoms with Crippen LogP contribution in [0.15, 0.2) is 18.2 Å². The van der Waals surface area contributed by atoms with Crippen molar-refractivity contribution < 1.29 is 0 Å². The summed E-state index contributed by atoms with van der Waals surface area (Å²) in [5.74, 6) is 0.852. The van der Waals surface area contributed by atoms with Crippen LogP contribution in [0.25, 0.3) is 0 Å². The molecule has 1 saturated heterocycles. The number of benzene rings is 1. The topological polar surface area (TPSA) is 32.5 Å². The Hall–Kier alpha value is -1.22. The Morgan fingerprint density at radius 3 is 2.50 bits per heavy atom. The number of rotatable bonds is 3. The molecule has 1 aromatic carbocycles. The third kappa shape index (κ3) is 3.16. The monoisotopic (exact) mass is 247 g/mol. The Labute approximate surface area is 111 Å². The smallest absolute Gasteiger partial charge is 0.0397 e. The van der Waals surface area contributed by atoms with Gasteiger partial charge in [0.05, 0.1) is 0 Å². The van der Waals surface area contributed by atoms with Gasteiger partial charge in [-0.05, 0) is 63.5 Å². The SMILES string of the molecule is Cc1cc(N)ccc1N1CCC(CN(C)C)CC1. The maximum Gasteiger partial charge on any atom is 0.0397 e. The summed E-state index contributed by atoms with van der Waals surface area (Å²) in [7, 11) is 4.33. The van der Waals surface area contributed by atoms with Crippen LogP contribution in [0.2, 0.25) is 0 Å². The molecule has 0 bridgehead atoms. The molecular formula is C15H25N3. The molecule has 1 aromatic rings. The molecule has 1 aliphatic rings. The van der Waals surface area contributed by atoms with Crippen molar-refractivity contribution in [1.82, 2.24) is 4.90 Å². The highest BCUT2D eigenvalue weighted by Gasteiger charge is 2.20. The van der Waals surface area contributed by atoms with Crippen molar-refractivity contribution in [3.8, 4) is 0 Å². The molecule has 0 amide bonds. The predicted molar refractivity (Wildman–Crippen MR) is 79.1 cm³/mol. The third-order valence-corrected chi connectivity index (χ3v) is 3.80. The summed E-state index contributed by atoms with van der Waals surface area (Å²) in [5.41, 5.74) is 9.32. The van der Waals surface area contributed by atoms with E-state index in [1.54, 1.807) is 0 Å². The van der Waals surface area contributed by atoms with Gasteiger partial charge in [0.2, 0.25) is 0 Å². The Balaban J connectivity index is 1.97. The molecule has 2 N–H and O–H groups in total. The predicted octanol–water partition coefficient (Wildman–Crippen LogP) is 2.36. The maximum atomic E-state index is 5.81. The van der Waals surface area contributed by atoms with Crippen molar-refractivity contribution in [2.24, 2.45) is 5.92 Å². The summed E-state index contributed by atoms with van der Waals surface area (Å²) in [4.78, 5) is 4.80. The van der Waals surface area contributed by atoms with Crippen molar-refractivity contribution in [3.05, 3.63) is 23.8 Å². The van der Waals surface area contributed by atoms with Crippen molar-refractivity contribution in [2.45, 2.75) is 19.8 Å². The Morgan fingerprint density at radius 2 is 1.94 bits per heavy atom. The lowest BCUT2D eigenvalue weighted by molar-refractivity contribution is 0.285. The van der Waals surface area contributed by atoms with E-state index >= 15 is 0 Å². The van der Waals surface area contributed by atoms with Crippen LogP contribution in [0.3, 0.4) is 0 Å². The molecule has 0 aromatic heterocycles. The minimum absolute atomic E-state index is 0.852. The maximum absolute atomic E-state index is 5.81. The molecular weight excluding hydrogens is 222 g/mol. The van der Waals surface area contributed by atoms with Gasteiger partial charge in [-0.3, -0.25) is 0 Å². The summed E-state index contributed by atoms with van der Waals surface area (Å²) >= 11 is 0. The van der Waals surface area contributed by atoms with E-state index in [2.05, 4.69) is 43.0 Å². The highest BCUT2D eigenvalue weighted by Crippen LogP contribution is 2.27. The second-order valence-electron chi connectivity index (χ2n) is 5.74. The second kappa shape index (κ2) is 5.61. The quantitative estimate of drug-likeness (QED) is 0.832. The standard InChI is InChI=1S/C15H25N3/c1-12-10-14(16)4-5-15(12)18-8-6-13(7-9-18)11-17(2)3/h4-5,10,13H,6-9,11,16H2,1-3H3. The minimum atomic E-state index is 0.852. The lowest BCUT2D eigenvalue weighted by Crippen LogP contribution is -2.37. The molecule has 3 heteroatoms. The van der Waals surface area contributed by atoms with Crippen molar-refractivity contribution >= 4 is 11.4 Å². The van der Waals surface area contributed by atoms with Crippen molar-refractivity contribution in [1.29, 1.82) is 0 Å². The van der Waals surface area contributed by atoms with E-state index in [1.165, 1.54) is 43.7 Å². The molecule has 0 atom stereocenters. The van der Waals surface area contributed by atoms with Gasteiger partial charge < -0.3 is 15.5 Å². The first-order valence-electron chi connectivity index (χ1n) is 6.82. The van der Waals surface area contributed by atoms with E-state index in [0.717, 1.165) is 11.6 Å². The van der Waals surface area contributed by atoms with E-state index in [-0.39, 0.29) is 0 Å². The summed E-state index contributed by atoms with van der Waals surface area (Å²) in [5, 5.41) is 0. The number of anilines is 2. The molecule has 0 spiro atoms. The highest BCUT2D eigenvalue weighted by atomic mass is 15.1. The van der Waals surface area contributed by atoms with Gasteiger partial charge in [-0.1, -0.05) is 0 Å². The molecule has 100 valence electrons. The largest absolute Gasteiger partial charge is 0.399 e. The first kappa shape index (κ1) is 13.2. The molecule has 18 heavy (non-hydrogen) atoms. The van der Waals surface area contributed by atoms with Crippen LogP contribution < -0.4 is 10.6 Å². The van der Waals surface area contributed by atoms with E-state index < -0.39 is 0 Å². The molecule has 3 nitrogen and oxygen atoms in total. The van der Waals surface area contributed by atoms with Gasteiger partial charge in [-0.15, -0.1) is 0 Å². The Kier molecular flexibility index (Phi) is 4.12. The zero-order chi connectivity index (χ0) is 13.1. The number of nitrogens with two attached hydrogens (primary N) is 1. The van der Waals surface area contributed by atoms with Crippen molar-refractivity contribution in [3.63, 3.8) is 0 Å². The zero-order valence-corrected chi connectivity index (χ0v) is 11.8. The van der Waals surface area contributed by atoms with Gasteiger partial charge in [0.15, 0.2) is 0 Å². The second-order valence-corrected chi connectivity index (χ2v) is 5.74. The Bertz CT molecular complexity index is 393. The molecule has 0 radical (unpaired) electrons. The Morgan fingerprint density at radius 1 is 1.28 bits per heavy atom. The molecule has 0 unspecified atom stereocenters. The van der Waals surface area contributed by atoms with Gasteiger partial charge in [0, 0.05) is 31.0 Å². The fourth-order valence-corrected chi connectivity index (χ4v) is 2.91. The summed E-state index contributed by atoms with van der Waals surface area (Å²) in [6.45, 7) is 5.71. The van der Waals surface area contributed by atoms with E-state index in [9.17, 15) is 0 Å². The molecule has 0 aliphatic carbocycles. The van der Waals surface area contributed by atoms with Crippen LogP contribution in [0, 0.1) is 12.8 Å². The molecule has 1 fully saturated rings. The normalized spacial score (nSPS) is 17.4. The first-order chi connectivity index (χ1) is 8.56. The highest BCUT2D eigenvalue weighted by molar-refractivity contribution is 5.59. The molecule has 1 heterocycles. The number of piperidine rings is 1. The fourth-order valence-electron chi connectivity index (χ4n) is 2.91. The first-order valence-corrected chi connectivity index (χ1v) is 6.82. The van der Waals surface area contributed by atoms with E-state index in [0.29, 0.717) is 0 Å². The average molecular weight is 247 g/mol. The summed E-state index contributed by atoms with van der Waals surface area (Å²) < 4.78 is 0. The van der Waals surface area contributed by atoms with Crippen LogP contribution in [-0.4, -0.2) is 38.6 Å². The number of nitrogens with zero attached hydrogens (tertiary/aromatic N) is 2. The van der Waals surface area contributed by atoms with Crippen molar-refractivity contribution in [2.75, 3.05) is 44.4 Å². The average Bonchev–Trinajstić information content (AvgIpc) is 2.30. The summed E-state index contributed by atoms with van der Waals surface area (Å²) in [6.07, 6.45) is 2.59. The molecule has 0 saturated carbocycles. The van der Waals surface area contributed by atoms with Gasteiger partial charge in [-0.25, -0.2) is 0 Å². The summed E-state index contributed by atoms with van der Waals surface area (Å²) in [6, 6.07) is 6.24. The lowest BCUT2D eigenvalue weighted by Gasteiger charge is -2.35. The van der Waals surface area contributed by atoms with Gasteiger partial charge in [0.1, 0.15) is 0 Å². The minimum Gasteiger partial charge on any atom is -0.399 e. The zero-order valence-electron chi connectivity index (χ0n) is 11.8.